The molecule has 1 aliphatic carbocycles. The lowest BCUT2D eigenvalue weighted by Crippen LogP contribution is -2.53. The molecular weight excluding hydrogens is 316 g/mol. The second-order valence-electron chi connectivity index (χ2n) is 6.90. The Morgan fingerprint density at radius 3 is 2.76 bits per heavy atom. The van der Waals surface area contributed by atoms with Gasteiger partial charge in [0.1, 0.15) is 12.4 Å². The molecule has 0 saturated heterocycles. The van der Waals surface area contributed by atoms with Crippen molar-refractivity contribution in [2.45, 2.75) is 44.2 Å². The number of fused-ring (bicyclic) bond motifs is 1. The van der Waals surface area contributed by atoms with E-state index in [4.69, 9.17) is 0 Å². The Morgan fingerprint density at radius 1 is 1.24 bits per heavy atom. The van der Waals surface area contributed by atoms with Gasteiger partial charge in [-0.2, -0.15) is 0 Å². The summed E-state index contributed by atoms with van der Waals surface area (Å²) in [5, 5.41) is 5.98. The number of amides is 2. The maximum Gasteiger partial charge on any atom is 0.327 e. The molecule has 2 amide bonds. The minimum absolute atomic E-state index is 0.0000562. The molecule has 25 heavy (non-hydrogen) atoms. The van der Waals surface area contributed by atoms with Crippen LogP contribution in [0.1, 0.15) is 43.0 Å². The molecule has 2 atom stereocenters. The highest BCUT2D eigenvalue weighted by Crippen LogP contribution is 2.35. The summed E-state index contributed by atoms with van der Waals surface area (Å²) in [5.41, 5.74) is 1.90. The van der Waals surface area contributed by atoms with E-state index in [9.17, 15) is 9.59 Å². The first-order valence-corrected chi connectivity index (χ1v) is 8.90. The number of rotatable bonds is 4. The Balaban J connectivity index is 1.52. The molecule has 1 aliphatic heterocycles. The standard InChI is InChI=1S/C19H22N4O2/c24-18(16-10-15-11-20-12-23(15)19(25)21-16)22-17(14-8-4-5-9-14)13-6-2-1-3-7-13/h1-3,6-7,11-12,14,16-17H,4-5,8-10H2,(H,21,25)(H,22,24)/t16-,17?/m0/s1. The van der Waals surface area contributed by atoms with Crippen LogP contribution < -0.4 is 10.6 Å². The van der Waals surface area contributed by atoms with Crippen LogP contribution in [0, 0.1) is 5.92 Å². The van der Waals surface area contributed by atoms with E-state index in [2.05, 4.69) is 27.8 Å². The summed E-state index contributed by atoms with van der Waals surface area (Å²) in [6.45, 7) is 0. The molecule has 4 rings (SSSR count). The summed E-state index contributed by atoms with van der Waals surface area (Å²) in [4.78, 5) is 29.0. The third kappa shape index (κ3) is 3.16. The van der Waals surface area contributed by atoms with Crippen LogP contribution >= 0.6 is 0 Å². The van der Waals surface area contributed by atoms with Gasteiger partial charge in [0.25, 0.3) is 0 Å². The van der Waals surface area contributed by atoms with E-state index in [0.717, 1.165) is 24.1 Å². The molecule has 2 heterocycles. The Bertz CT molecular complexity index is 765. The number of hydrogen-bond donors (Lipinski definition) is 2. The van der Waals surface area contributed by atoms with Gasteiger partial charge in [-0.05, 0) is 24.3 Å². The highest BCUT2D eigenvalue weighted by atomic mass is 16.2. The van der Waals surface area contributed by atoms with Crippen molar-refractivity contribution in [3.05, 3.63) is 54.1 Å². The first-order valence-electron chi connectivity index (χ1n) is 8.90. The van der Waals surface area contributed by atoms with Gasteiger partial charge in [-0.3, -0.25) is 9.36 Å². The molecule has 0 spiro atoms. The van der Waals surface area contributed by atoms with Crippen molar-refractivity contribution in [1.29, 1.82) is 0 Å². The predicted molar refractivity (Wildman–Crippen MR) is 92.9 cm³/mol. The molecule has 1 fully saturated rings. The van der Waals surface area contributed by atoms with Gasteiger partial charge in [-0.25, -0.2) is 9.78 Å². The zero-order chi connectivity index (χ0) is 17.2. The van der Waals surface area contributed by atoms with Gasteiger partial charge >= 0.3 is 6.03 Å². The average molecular weight is 338 g/mol. The molecule has 1 saturated carbocycles. The maximum atomic E-state index is 12.9. The molecule has 2 N–H and O–H groups in total. The fraction of sp³-hybridized carbons (Fsp3) is 0.421. The topological polar surface area (TPSA) is 76.0 Å². The second kappa shape index (κ2) is 6.70. The lowest BCUT2D eigenvalue weighted by molar-refractivity contribution is -0.124. The van der Waals surface area contributed by atoms with E-state index < -0.39 is 6.04 Å². The highest BCUT2D eigenvalue weighted by Gasteiger charge is 2.33. The van der Waals surface area contributed by atoms with E-state index in [-0.39, 0.29) is 18.0 Å². The first kappa shape index (κ1) is 15.9. The fourth-order valence-electron chi connectivity index (χ4n) is 3.97. The number of carbonyl (C=O) groups is 2. The summed E-state index contributed by atoms with van der Waals surface area (Å²) in [5.74, 6) is 0.331. The van der Waals surface area contributed by atoms with E-state index in [1.807, 2.05) is 18.2 Å². The molecule has 2 aliphatic rings. The van der Waals surface area contributed by atoms with Gasteiger partial charge in [0, 0.05) is 18.3 Å². The Labute approximate surface area is 146 Å². The van der Waals surface area contributed by atoms with Gasteiger partial charge < -0.3 is 10.6 Å². The minimum atomic E-state index is -0.552. The summed E-state index contributed by atoms with van der Waals surface area (Å²) in [7, 11) is 0. The quantitative estimate of drug-likeness (QED) is 0.899. The molecule has 6 nitrogen and oxygen atoms in total. The van der Waals surface area contributed by atoms with Crippen LogP contribution in [0.25, 0.3) is 0 Å². The third-order valence-corrected chi connectivity index (χ3v) is 5.29. The molecule has 2 aromatic rings. The average Bonchev–Trinajstić information content (AvgIpc) is 3.32. The number of nitrogens with one attached hydrogen (secondary N) is 2. The van der Waals surface area contributed by atoms with Crippen LogP contribution in [0.4, 0.5) is 4.79 Å². The van der Waals surface area contributed by atoms with Gasteiger partial charge in [0.2, 0.25) is 5.91 Å². The van der Waals surface area contributed by atoms with Gasteiger partial charge in [-0.15, -0.1) is 0 Å². The largest absolute Gasteiger partial charge is 0.347 e. The second-order valence-corrected chi connectivity index (χ2v) is 6.90. The van der Waals surface area contributed by atoms with E-state index in [0.29, 0.717) is 12.3 Å². The minimum Gasteiger partial charge on any atom is -0.347 e. The third-order valence-electron chi connectivity index (χ3n) is 5.29. The van der Waals surface area contributed by atoms with E-state index >= 15 is 0 Å². The number of benzene rings is 1. The molecule has 0 bridgehead atoms. The van der Waals surface area contributed by atoms with Crippen molar-refractivity contribution >= 4 is 11.9 Å². The van der Waals surface area contributed by atoms with Gasteiger partial charge in [0.15, 0.2) is 0 Å². The number of carbonyl (C=O) groups excluding carboxylic acids is 2. The predicted octanol–water partition coefficient (Wildman–Crippen LogP) is 2.41. The van der Waals surface area contributed by atoms with Crippen molar-refractivity contribution < 1.29 is 9.59 Å². The van der Waals surface area contributed by atoms with E-state index in [1.54, 1.807) is 6.20 Å². The van der Waals surface area contributed by atoms with Crippen LogP contribution in [-0.2, 0) is 11.2 Å². The van der Waals surface area contributed by atoms with Crippen LogP contribution in [-0.4, -0.2) is 27.5 Å². The molecule has 1 aromatic heterocycles. The zero-order valence-electron chi connectivity index (χ0n) is 14.0. The highest BCUT2D eigenvalue weighted by molar-refractivity contribution is 5.90. The summed E-state index contributed by atoms with van der Waals surface area (Å²) < 4.78 is 1.45. The van der Waals surface area contributed by atoms with Crippen LogP contribution in [0.5, 0.6) is 0 Å². The Kier molecular flexibility index (Phi) is 4.26. The normalized spacial score (nSPS) is 21.4. The van der Waals surface area contributed by atoms with E-state index in [1.165, 1.54) is 23.7 Å². The SMILES string of the molecule is O=C(NC(c1ccccc1)C1CCCC1)[C@@H]1Cc2cncn2C(=O)N1. The lowest BCUT2D eigenvalue weighted by atomic mass is 9.91. The number of hydrogen-bond acceptors (Lipinski definition) is 3. The molecule has 1 unspecified atom stereocenters. The van der Waals surface area contributed by atoms with Crippen molar-refractivity contribution in [2.24, 2.45) is 5.92 Å². The number of nitrogens with zero attached hydrogens (tertiary/aromatic N) is 2. The Hall–Kier alpha value is -2.63. The van der Waals surface area contributed by atoms with Crippen LogP contribution in [0.15, 0.2) is 42.9 Å². The molecule has 0 radical (unpaired) electrons. The summed E-state index contributed by atoms with van der Waals surface area (Å²) in [6, 6.07) is 9.28. The van der Waals surface area contributed by atoms with Gasteiger partial charge in [0.05, 0.1) is 6.04 Å². The van der Waals surface area contributed by atoms with Crippen LogP contribution in [0.3, 0.4) is 0 Å². The van der Waals surface area contributed by atoms with Gasteiger partial charge in [-0.1, -0.05) is 43.2 Å². The Morgan fingerprint density at radius 2 is 2.00 bits per heavy atom. The van der Waals surface area contributed by atoms with Crippen molar-refractivity contribution in [3.63, 3.8) is 0 Å². The summed E-state index contributed by atoms with van der Waals surface area (Å²) >= 11 is 0. The zero-order valence-corrected chi connectivity index (χ0v) is 14.0. The van der Waals surface area contributed by atoms with Crippen molar-refractivity contribution in [3.8, 4) is 0 Å². The first-order chi connectivity index (χ1) is 12.2. The number of imidazole rings is 1. The number of aromatic nitrogens is 2. The summed E-state index contributed by atoms with van der Waals surface area (Å²) in [6.07, 6.45) is 8.26. The maximum absolute atomic E-state index is 12.9. The smallest absolute Gasteiger partial charge is 0.327 e. The fourth-order valence-corrected chi connectivity index (χ4v) is 3.97. The molecule has 130 valence electrons. The lowest BCUT2D eigenvalue weighted by Gasteiger charge is -2.29. The molecule has 1 aromatic carbocycles. The monoisotopic (exact) mass is 338 g/mol. The van der Waals surface area contributed by atoms with Crippen molar-refractivity contribution in [1.82, 2.24) is 20.2 Å². The van der Waals surface area contributed by atoms with Crippen LogP contribution in [0.2, 0.25) is 0 Å². The van der Waals surface area contributed by atoms with Crippen molar-refractivity contribution in [2.75, 3.05) is 0 Å². The molecular formula is C19H22N4O2. The molecule has 6 heteroatoms.